The van der Waals surface area contributed by atoms with E-state index in [9.17, 15) is 14.4 Å². The normalized spacial score (nSPS) is 10.8. The predicted octanol–water partition coefficient (Wildman–Crippen LogP) is 5.94. The Kier molecular flexibility index (Phi) is 8.30. The van der Waals surface area contributed by atoms with Crippen LogP contribution in [0.15, 0.2) is 76.0 Å². The van der Waals surface area contributed by atoms with Gasteiger partial charge in [0.1, 0.15) is 17.2 Å². The molecule has 0 unspecified atom stereocenters. The Hall–Kier alpha value is -3.53. The lowest BCUT2D eigenvalue weighted by Gasteiger charge is -2.19. The van der Waals surface area contributed by atoms with Crippen LogP contribution < -0.4 is 15.6 Å². The van der Waals surface area contributed by atoms with E-state index in [1.165, 1.54) is 16.6 Å². The summed E-state index contributed by atoms with van der Waals surface area (Å²) in [5, 5.41) is 3.32. The first kappa shape index (κ1) is 27.5. The zero-order chi connectivity index (χ0) is 27.6. The second-order valence-corrected chi connectivity index (χ2v) is 10.3. The molecule has 0 aliphatic carbocycles. The van der Waals surface area contributed by atoms with Crippen LogP contribution >= 0.6 is 39.1 Å². The van der Waals surface area contributed by atoms with Gasteiger partial charge in [-0.2, -0.15) is 0 Å². The van der Waals surface area contributed by atoms with Crippen molar-refractivity contribution in [2.75, 3.05) is 12.4 Å². The lowest BCUT2D eigenvalue weighted by Crippen LogP contribution is -2.37. The number of hydrogen-bond acceptors (Lipinski definition) is 4. The molecule has 0 bridgehead atoms. The summed E-state index contributed by atoms with van der Waals surface area (Å²) in [5.41, 5.74) is 1.37. The summed E-state index contributed by atoms with van der Waals surface area (Å²) in [6, 6.07) is 19.1. The molecular formula is C27H23BrCl2N4O4. The molecule has 3 aromatic carbocycles. The van der Waals surface area contributed by atoms with Gasteiger partial charge in [-0.3, -0.25) is 19.1 Å². The van der Waals surface area contributed by atoms with Gasteiger partial charge >= 0.3 is 11.8 Å². The molecule has 0 radical (unpaired) electrons. The van der Waals surface area contributed by atoms with Crippen molar-refractivity contribution < 1.29 is 14.3 Å². The summed E-state index contributed by atoms with van der Waals surface area (Å²) >= 11 is 15.6. The highest BCUT2D eigenvalue weighted by molar-refractivity contribution is 9.10. The first-order valence-electron chi connectivity index (χ1n) is 11.4. The maximum absolute atomic E-state index is 13.1. The molecule has 0 saturated carbocycles. The van der Waals surface area contributed by atoms with E-state index < -0.39 is 17.4 Å². The zero-order valence-corrected chi connectivity index (χ0v) is 23.8. The average molecular weight is 618 g/mol. The number of likely N-dealkylation sites (N-methyl/N-ethyl adjacent to an activating group) is 1. The van der Waals surface area contributed by atoms with E-state index in [1.807, 2.05) is 18.2 Å². The number of anilines is 1. The van der Waals surface area contributed by atoms with Crippen LogP contribution in [-0.2, 0) is 23.2 Å². The molecule has 1 heterocycles. The molecule has 0 fully saturated rings. The molecule has 11 heteroatoms. The smallest absolute Gasteiger partial charge is 0.314 e. The average Bonchev–Trinajstić information content (AvgIpc) is 3.07. The maximum Gasteiger partial charge on any atom is 0.314 e. The highest BCUT2D eigenvalue weighted by Gasteiger charge is 2.24. The van der Waals surface area contributed by atoms with Crippen molar-refractivity contribution in [3.63, 3.8) is 0 Å². The molecule has 1 aromatic heterocycles. The highest BCUT2D eigenvalue weighted by atomic mass is 79.9. The Bertz CT molecular complexity index is 1560. The van der Waals surface area contributed by atoms with Crippen molar-refractivity contribution in [3.05, 3.63) is 103 Å². The molecule has 8 nitrogen and oxygen atoms in total. The van der Waals surface area contributed by atoms with Crippen molar-refractivity contribution in [1.82, 2.24) is 14.3 Å². The molecule has 4 rings (SSSR count). The first-order chi connectivity index (χ1) is 18.0. The molecule has 0 saturated heterocycles. The van der Waals surface area contributed by atoms with E-state index >= 15 is 0 Å². The predicted molar refractivity (Wildman–Crippen MR) is 152 cm³/mol. The Morgan fingerprint density at radius 1 is 1.03 bits per heavy atom. The van der Waals surface area contributed by atoms with Gasteiger partial charge in [-0.1, -0.05) is 63.4 Å². The third-order valence-electron chi connectivity index (χ3n) is 5.83. The number of nitrogens with zero attached hydrogens (tertiary/aromatic N) is 3. The first-order valence-corrected chi connectivity index (χ1v) is 12.9. The Labute approximate surface area is 237 Å². The minimum absolute atomic E-state index is 0.0357. The summed E-state index contributed by atoms with van der Waals surface area (Å²) in [4.78, 5) is 40.2. The number of carbonyl (C=O) groups excluding carboxylic acids is 2. The Morgan fingerprint density at radius 2 is 1.68 bits per heavy atom. The summed E-state index contributed by atoms with van der Waals surface area (Å²) in [5.74, 6) is -0.886. The van der Waals surface area contributed by atoms with Gasteiger partial charge in [-0.05, 0) is 49.4 Å². The third-order valence-corrected chi connectivity index (χ3v) is 6.76. The van der Waals surface area contributed by atoms with Gasteiger partial charge in [-0.25, -0.2) is 4.68 Å². The van der Waals surface area contributed by atoms with Gasteiger partial charge in [0.25, 0.3) is 5.56 Å². The molecule has 1 N–H and O–H groups in total. The summed E-state index contributed by atoms with van der Waals surface area (Å²) < 4.78 is 9.79. The fourth-order valence-electron chi connectivity index (χ4n) is 3.85. The zero-order valence-electron chi connectivity index (χ0n) is 20.7. The van der Waals surface area contributed by atoms with Crippen LogP contribution in [0.4, 0.5) is 5.69 Å². The number of benzene rings is 3. The lowest BCUT2D eigenvalue weighted by molar-refractivity contribution is -0.142. The van der Waals surface area contributed by atoms with Crippen LogP contribution in [0.3, 0.4) is 0 Å². The highest BCUT2D eigenvalue weighted by Crippen LogP contribution is 2.32. The lowest BCUT2D eigenvalue weighted by atomic mass is 10.2. The van der Waals surface area contributed by atoms with Crippen LogP contribution in [0.2, 0.25) is 10.0 Å². The fourth-order valence-corrected chi connectivity index (χ4v) is 4.69. The standard InChI is InChI=1S/C27H23BrCl2N4O4/c1-16-24(26(36)34(33(16)3)21-7-5-4-6-8-21)31-25(35)27(37)32(2)15-17-9-10-18(28)11-23(17)38-22-13-19(29)12-20(30)14-22/h4-14H,15H2,1-3H3,(H,31,35). The summed E-state index contributed by atoms with van der Waals surface area (Å²) in [6.07, 6.45) is 0. The molecule has 38 heavy (non-hydrogen) atoms. The van der Waals surface area contributed by atoms with Crippen LogP contribution in [-0.4, -0.2) is 33.1 Å². The SMILES string of the molecule is Cc1c(NC(=O)C(=O)N(C)Cc2ccc(Br)cc2Oc2cc(Cl)cc(Cl)c2)c(=O)n(-c2ccccc2)n1C. The van der Waals surface area contributed by atoms with Gasteiger partial charge < -0.3 is 15.0 Å². The van der Waals surface area contributed by atoms with E-state index in [-0.39, 0.29) is 12.2 Å². The van der Waals surface area contributed by atoms with Crippen LogP contribution in [0.25, 0.3) is 5.69 Å². The van der Waals surface area contributed by atoms with Gasteiger partial charge in [0, 0.05) is 40.7 Å². The van der Waals surface area contributed by atoms with E-state index in [0.717, 1.165) is 4.47 Å². The van der Waals surface area contributed by atoms with Gasteiger partial charge in [0.15, 0.2) is 0 Å². The van der Waals surface area contributed by atoms with Crippen molar-refractivity contribution in [2.45, 2.75) is 13.5 Å². The fraction of sp³-hybridized carbons (Fsp3) is 0.148. The van der Waals surface area contributed by atoms with E-state index in [4.69, 9.17) is 27.9 Å². The number of amides is 2. The molecule has 196 valence electrons. The number of rotatable bonds is 6. The van der Waals surface area contributed by atoms with Crippen LogP contribution in [0.1, 0.15) is 11.3 Å². The minimum Gasteiger partial charge on any atom is -0.457 e. The number of halogens is 3. The minimum atomic E-state index is -0.931. The topological polar surface area (TPSA) is 85.6 Å². The molecule has 0 atom stereocenters. The molecule has 2 amide bonds. The quantitative estimate of drug-likeness (QED) is 0.271. The van der Waals surface area contributed by atoms with Gasteiger partial charge in [0.2, 0.25) is 0 Å². The van der Waals surface area contributed by atoms with E-state index in [2.05, 4.69) is 21.2 Å². The molecule has 0 aliphatic heterocycles. The Balaban J connectivity index is 1.53. The molecule has 0 spiro atoms. The summed E-state index contributed by atoms with van der Waals surface area (Å²) in [7, 11) is 3.19. The third kappa shape index (κ3) is 5.96. The largest absolute Gasteiger partial charge is 0.457 e. The van der Waals surface area contributed by atoms with Crippen molar-refractivity contribution >= 4 is 56.6 Å². The maximum atomic E-state index is 13.1. The number of aromatic nitrogens is 2. The van der Waals surface area contributed by atoms with Gasteiger partial charge in [0.05, 0.1) is 11.4 Å². The van der Waals surface area contributed by atoms with E-state index in [1.54, 1.807) is 67.2 Å². The van der Waals surface area contributed by atoms with Crippen molar-refractivity contribution in [1.29, 1.82) is 0 Å². The number of ether oxygens (including phenoxy) is 1. The van der Waals surface area contributed by atoms with Crippen LogP contribution in [0, 0.1) is 6.92 Å². The summed E-state index contributed by atoms with van der Waals surface area (Å²) in [6.45, 7) is 1.75. The van der Waals surface area contributed by atoms with Crippen molar-refractivity contribution in [3.8, 4) is 17.2 Å². The van der Waals surface area contributed by atoms with E-state index in [0.29, 0.717) is 38.5 Å². The second kappa shape index (κ2) is 11.5. The Morgan fingerprint density at radius 3 is 2.34 bits per heavy atom. The van der Waals surface area contributed by atoms with Gasteiger partial charge in [-0.15, -0.1) is 0 Å². The number of hydrogen-bond donors (Lipinski definition) is 1. The number of para-hydroxylation sites is 1. The van der Waals surface area contributed by atoms with Crippen LogP contribution in [0.5, 0.6) is 11.5 Å². The number of carbonyl (C=O) groups is 2. The second-order valence-electron chi connectivity index (χ2n) is 8.51. The molecular weight excluding hydrogens is 595 g/mol. The molecule has 0 aliphatic rings. The monoisotopic (exact) mass is 616 g/mol. The number of nitrogens with one attached hydrogen (secondary N) is 1. The molecule has 4 aromatic rings. The van der Waals surface area contributed by atoms with Crippen molar-refractivity contribution in [2.24, 2.45) is 7.05 Å².